The first-order valence-electron chi connectivity index (χ1n) is 3.49. The second-order valence-electron chi connectivity index (χ2n) is 2.42. The van der Waals surface area contributed by atoms with Crippen molar-refractivity contribution in [1.82, 2.24) is 5.32 Å². The molecule has 2 aliphatic rings. The number of carbonyl (C=O) groups is 1. The molecule has 5 heteroatoms. The molecule has 2 heterocycles. The summed E-state index contributed by atoms with van der Waals surface area (Å²) in [7, 11) is 0. The summed E-state index contributed by atoms with van der Waals surface area (Å²) >= 11 is 1.41. The Morgan fingerprint density at radius 2 is 2.50 bits per heavy atom. The van der Waals surface area contributed by atoms with Crippen LogP contribution in [0.5, 0.6) is 0 Å². The number of hydrogen-bond donors (Lipinski definition) is 1. The molecule has 1 N–H and O–H groups in total. The van der Waals surface area contributed by atoms with Gasteiger partial charge in [0.25, 0.3) is 0 Å². The first-order valence-corrected chi connectivity index (χ1v) is 4.71. The van der Waals surface area contributed by atoms with Crippen LogP contribution in [0.15, 0.2) is 22.3 Å². The van der Waals surface area contributed by atoms with Crippen molar-refractivity contribution in [3.63, 3.8) is 0 Å². The fourth-order valence-corrected chi connectivity index (χ4v) is 1.47. The molecule has 0 unspecified atom stereocenters. The number of hydrogen-bond acceptors (Lipinski definition) is 4. The third-order valence-electron chi connectivity index (χ3n) is 1.69. The zero-order valence-corrected chi connectivity index (χ0v) is 7.26. The van der Waals surface area contributed by atoms with Gasteiger partial charge in [0.15, 0.2) is 5.17 Å². The molecule has 1 atom stereocenters. The molecule has 0 bridgehead atoms. The Hall–Kier alpha value is -1.10. The Labute approximate surface area is 73.9 Å². The lowest BCUT2D eigenvalue weighted by molar-refractivity contribution is -0.120. The zero-order chi connectivity index (χ0) is 8.55. The predicted molar refractivity (Wildman–Crippen MR) is 49.2 cm³/mol. The molecule has 0 saturated heterocycles. The average Bonchev–Trinajstić information content (AvgIpc) is 2.52. The summed E-state index contributed by atoms with van der Waals surface area (Å²) in [6.45, 7) is 0. The van der Waals surface area contributed by atoms with E-state index in [1.807, 2.05) is 6.26 Å². The molecule has 0 saturated carbocycles. The van der Waals surface area contributed by atoms with Gasteiger partial charge in [-0.2, -0.15) is 0 Å². The van der Waals surface area contributed by atoms with Crippen molar-refractivity contribution in [2.45, 2.75) is 0 Å². The van der Waals surface area contributed by atoms with Gasteiger partial charge < -0.3 is 5.32 Å². The number of aliphatic imine (C=N–C) groups is 2. The van der Waals surface area contributed by atoms with E-state index in [4.69, 9.17) is 0 Å². The molecule has 2 rings (SSSR count). The molecule has 0 aromatic rings. The van der Waals surface area contributed by atoms with Crippen LogP contribution in [0.1, 0.15) is 0 Å². The number of nitrogens with zero attached hydrogens (tertiary/aromatic N) is 2. The molecule has 0 spiro atoms. The number of amidine groups is 2. The van der Waals surface area contributed by atoms with E-state index in [-0.39, 0.29) is 11.8 Å². The Morgan fingerprint density at radius 1 is 1.67 bits per heavy atom. The highest BCUT2D eigenvalue weighted by Gasteiger charge is 2.29. The van der Waals surface area contributed by atoms with Gasteiger partial charge in [0, 0.05) is 6.20 Å². The lowest BCUT2D eigenvalue weighted by Crippen LogP contribution is -2.40. The molecule has 62 valence electrons. The molecule has 0 aromatic heterocycles. The van der Waals surface area contributed by atoms with Crippen molar-refractivity contribution in [3.8, 4) is 0 Å². The van der Waals surface area contributed by atoms with Gasteiger partial charge in [-0.1, -0.05) is 11.8 Å². The number of nitrogens with one attached hydrogen (secondary N) is 1. The van der Waals surface area contributed by atoms with Gasteiger partial charge in [-0.3, -0.25) is 4.79 Å². The Balaban J connectivity index is 2.34. The second kappa shape index (κ2) is 2.75. The lowest BCUT2D eigenvalue weighted by Gasteiger charge is -2.16. The monoisotopic (exact) mass is 181 g/mol. The number of carbonyl (C=O) groups excluding carboxylic acids is 1. The van der Waals surface area contributed by atoms with E-state index in [1.54, 1.807) is 12.3 Å². The largest absolute Gasteiger partial charge is 0.304 e. The Kier molecular flexibility index (Phi) is 1.73. The Morgan fingerprint density at radius 3 is 3.25 bits per heavy atom. The summed E-state index contributed by atoms with van der Waals surface area (Å²) < 4.78 is 0. The maximum atomic E-state index is 11.3. The highest BCUT2D eigenvalue weighted by Crippen LogP contribution is 2.16. The summed E-state index contributed by atoms with van der Waals surface area (Å²) in [6, 6.07) is 0. The third-order valence-corrected chi connectivity index (χ3v) is 2.27. The number of rotatable bonds is 0. The van der Waals surface area contributed by atoms with Crippen molar-refractivity contribution < 1.29 is 4.79 Å². The van der Waals surface area contributed by atoms with Crippen molar-refractivity contribution >= 4 is 28.7 Å². The topological polar surface area (TPSA) is 53.8 Å². The molecule has 0 aliphatic carbocycles. The lowest BCUT2D eigenvalue weighted by atomic mass is 10.1. The molecule has 12 heavy (non-hydrogen) atoms. The van der Waals surface area contributed by atoms with E-state index in [1.165, 1.54) is 11.8 Å². The predicted octanol–water partition coefficient (Wildman–Crippen LogP) is 0.377. The molecule has 0 radical (unpaired) electrons. The summed E-state index contributed by atoms with van der Waals surface area (Å²) in [5.74, 6) is 0.297. The average molecular weight is 181 g/mol. The van der Waals surface area contributed by atoms with Crippen LogP contribution in [0.4, 0.5) is 0 Å². The van der Waals surface area contributed by atoms with Gasteiger partial charge >= 0.3 is 0 Å². The molecule has 1 amide bonds. The highest BCUT2D eigenvalue weighted by atomic mass is 32.2. The van der Waals surface area contributed by atoms with Crippen LogP contribution in [-0.4, -0.2) is 23.2 Å². The second-order valence-corrected chi connectivity index (χ2v) is 3.21. The summed E-state index contributed by atoms with van der Waals surface area (Å²) in [4.78, 5) is 19.4. The van der Waals surface area contributed by atoms with Crippen LogP contribution in [0.25, 0.3) is 0 Å². The summed E-state index contributed by atoms with van der Waals surface area (Å²) in [5, 5.41) is 3.30. The number of fused-ring (bicyclic) bond motifs is 1. The molecular weight excluding hydrogens is 174 g/mol. The highest BCUT2D eigenvalue weighted by molar-refractivity contribution is 8.13. The number of amides is 1. The third kappa shape index (κ3) is 1.06. The standard InChI is InChI=1S/C7H7N3OS/c1-12-7-9-5-4(2-3-8-5)6(11)10-7/h2-4H,1H3,(H,8,9,10,11)/t4-/m0/s1. The van der Waals surface area contributed by atoms with Gasteiger partial charge in [0.05, 0.1) is 0 Å². The van der Waals surface area contributed by atoms with Crippen LogP contribution in [0.3, 0.4) is 0 Å². The van der Waals surface area contributed by atoms with E-state index in [2.05, 4.69) is 15.3 Å². The van der Waals surface area contributed by atoms with E-state index in [9.17, 15) is 4.79 Å². The van der Waals surface area contributed by atoms with Gasteiger partial charge in [-0.15, -0.1) is 0 Å². The van der Waals surface area contributed by atoms with E-state index in [0.717, 1.165) is 0 Å². The molecule has 4 nitrogen and oxygen atoms in total. The van der Waals surface area contributed by atoms with E-state index in [0.29, 0.717) is 11.0 Å². The van der Waals surface area contributed by atoms with Gasteiger partial charge in [-0.25, -0.2) is 9.98 Å². The van der Waals surface area contributed by atoms with Crippen LogP contribution >= 0.6 is 11.8 Å². The fourth-order valence-electron chi connectivity index (χ4n) is 1.09. The van der Waals surface area contributed by atoms with E-state index >= 15 is 0 Å². The van der Waals surface area contributed by atoms with Crippen molar-refractivity contribution in [2.75, 3.05) is 6.26 Å². The SMILES string of the molecule is CSC1=NC2=NC=C[C@@H]2C(=O)N1. The van der Waals surface area contributed by atoms with Crippen LogP contribution in [0.2, 0.25) is 0 Å². The zero-order valence-electron chi connectivity index (χ0n) is 6.44. The summed E-state index contributed by atoms with van der Waals surface area (Å²) in [5.41, 5.74) is 0. The molecule has 0 fully saturated rings. The Bertz CT molecular complexity index is 319. The van der Waals surface area contributed by atoms with Gasteiger partial charge in [0.1, 0.15) is 11.8 Å². The summed E-state index contributed by atoms with van der Waals surface area (Å²) in [6.07, 6.45) is 5.22. The minimum Gasteiger partial charge on any atom is -0.304 e. The van der Waals surface area contributed by atoms with Crippen LogP contribution < -0.4 is 5.32 Å². The van der Waals surface area contributed by atoms with Crippen LogP contribution in [0, 0.1) is 5.92 Å². The molecule has 2 aliphatic heterocycles. The molecule has 0 aromatic carbocycles. The van der Waals surface area contributed by atoms with Crippen LogP contribution in [-0.2, 0) is 4.79 Å². The maximum absolute atomic E-state index is 11.3. The quantitative estimate of drug-likeness (QED) is 0.587. The van der Waals surface area contributed by atoms with Crippen molar-refractivity contribution in [3.05, 3.63) is 12.3 Å². The van der Waals surface area contributed by atoms with Crippen molar-refractivity contribution in [1.29, 1.82) is 0 Å². The molecular formula is C7H7N3OS. The normalized spacial score (nSPS) is 26.1. The van der Waals surface area contributed by atoms with E-state index < -0.39 is 0 Å². The maximum Gasteiger partial charge on any atom is 0.240 e. The van der Waals surface area contributed by atoms with Gasteiger partial charge in [-0.05, 0) is 12.3 Å². The van der Waals surface area contributed by atoms with Gasteiger partial charge in [0.2, 0.25) is 5.91 Å². The number of thioether (sulfide) groups is 1. The minimum absolute atomic E-state index is 0.0400. The first kappa shape index (κ1) is 7.54. The van der Waals surface area contributed by atoms with Crippen molar-refractivity contribution in [2.24, 2.45) is 15.9 Å². The minimum atomic E-state index is -0.263. The first-order chi connectivity index (χ1) is 5.81. The smallest absolute Gasteiger partial charge is 0.240 e. The fraction of sp³-hybridized carbons (Fsp3) is 0.286.